The zero-order chi connectivity index (χ0) is 18.1. The number of nitrogens with one attached hydrogen (secondary N) is 1. The zero-order valence-electron chi connectivity index (χ0n) is 15.2. The molecule has 0 spiro atoms. The van der Waals surface area contributed by atoms with Gasteiger partial charge < -0.3 is 19.7 Å². The average molecular weight is 352 g/mol. The molecule has 4 rings (SSSR count). The lowest BCUT2D eigenvalue weighted by molar-refractivity contribution is -0.139. The van der Waals surface area contributed by atoms with Gasteiger partial charge in [0.1, 0.15) is 0 Å². The van der Waals surface area contributed by atoms with Crippen molar-refractivity contribution in [3.63, 3.8) is 0 Å². The van der Waals surface area contributed by atoms with Gasteiger partial charge >= 0.3 is 0 Å². The second-order valence-electron chi connectivity index (χ2n) is 6.86. The van der Waals surface area contributed by atoms with E-state index in [9.17, 15) is 4.79 Å². The average Bonchev–Trinajstić information content (AvgIpc) is 2.65. The van der Waals surface area contributed by atoms with Gasteiger partial charge in [0.25, 0.3) is 0 Å². The minimum absolute atomic E-state index is 0.0860. The molecule has 1 unspecified atom stereocenters. The van der Waals surface area contributed by atoms with E-state index in [4.69, 9.17) is 9.47 Å². The van der Waals surface area contributed by atoms with Crippen molar-refractivity contribution in [2.24, 2.45) is 5.92 Å². The van der Waals surface area contributed by atoms with Crippen LogP contribution in [0.15, 0.2) is 42.5 Å². The molecule has 1 amide bonds. The van der Waals surface area contributed by atoms with E-state index in [0.717, 1.165) is 42.9 Å². The number of hydrogen-bond donors (Lipinski definition) is 1. The predicted octanol–water partition coefficient (Wildman–Crippen LogP) is 2.40. The van der Waals surface area contributed by atoms with Crippen LogP contribution in [0.4, 0.5) is 0 Å². The number of carbonyl (C=O) groups excluding carboxylic acids is 1. The molecule has 2 aliphatic rings. The van der Waals surface area contributed by atoms with Gasteiger partial charge in [0, 0.05) is 19.6 Å². The molecule has 2 aromatic carbocycles. The number of hydrogen-bond acceptors (Lipinski definition) is 4. The van der Waals surface area contributed by atoms with Crippen LogP contribution in [0.25, 0.3) is 0 Å². The first-order chi connectivity index (χ1) is 12.7. The minimum atomic E-state index is -0.0899. The monoisotopic (exact) mass is 352 g/mol. The highest BCUT2D eigenvalue weighted by Gasteiger charge is 2.37. The Morgan fingerprint density at radius 1 is 1.08 bits per heavy atom. The number of ether oxygens (including phenoxy) is 2. The summed E-state index contributed by atoms with van der Waals surface area (Å²) in [6.07, 6.45) is 0.824. The van der Waals surface area contributed by atoms with Gasteiger partial charge in [-0.25, -0.2) is 0 Å². The number of nitrogens with zero attached hydrogens (tertiary/aromatic N) is 1. The highest BCUT2D eigenvalue weighted by atomic mass is 16.5. The van der Waals surface area contributed by atoms with E-state index < -0.39 is 0 Å². The van der Waals surface area contributed by atoms with E-state index in [2.05, 4.69) is 23.5 Å². The molecule has 2 aromatic rings. The molecule has 136 valence electrons. The maximum absolute atomic E-state index is 13.1. The summed E-state index contributed by atoms with van der Waals surface area (Å²) >= 11 is 0. The molecule has 0 saturated carbocycles. The Balaban J connectivity index is 1.81. The van der Waals surface area contributed by atoms with Crippen molar-refractivity contribution in [3.8, 4) is 11.5 Å². The van der Waals surface area contributed by atoms with E-state index in [1.165, 1.54) is 5.56 Å². The van der Waals surface area contributed by atoms with Crippen LogP contribution in [-0.4, -0.2) is 44.7 Å². The van der Waals surface area contributed by atoms with Crippen LogP contribution in [0.5, 0.6) is 11.5 Å². The number of benzene rings is 2. The first-order valence-corrected chi connectivity index (χ1v) is 9.04. The third-order valence-electron chi connectivity index (χ3n) is 5.40. The third-order valence-corrected chi connectivity index (χ3v) is 5.40. The minimum Gasteiger partial charge on any atom is -0.493 e. The third kappa shape index (κ3) is 2.82. The number of rotatable bonds is 4. The van der Waals surface area contributed by atoms with E-state index >= 15 is 0 Å². The largest absolute Gasteiger partial charge is 0.493 e. The van der Waals surface area contributed by atoms with Crippen molar-refractivity contribution in [1.29, 1.82) is 0 Å². The van der Waals surface area contributed by atoms with Crippen molar-refractivity contribution >= 4 is 5.91 Å². The fourth-order valence-electron chi connectivity index (χ4n) is 3.88. The first-order valence-electron chi connectivity index (χ1n) is 9.04. The van der Waals surface area contributed by atoms with Crippen LogP contribution in [-0.2, 0) is 11.2 Å². The molecule has 5 heteroatoms. The van der Waals surface area contributed by atoms with Crippen molar-refractivity contribution in [2.45, 2.75) is 12.5 Å². The van der Waals surface area contributed by atoms with Crippen LogP contribution in [0, 0.1) is 5.92 Å². The summed E-state index contributed by atoms with van der Waals surface area (Å²) in [6.45, 7) is 2.27. The highest BCUT2D eigenvalue weighted by molar-refractivity contribution is 5.81. The molecule has 2 aliphatic heterocycles. The number of fused-ring (bicyclic) bond motifs is 1. The molecule has 1 atom stereocenters. The first kappa shape index (κ1) is 16.9. The van der Waals surface area contributed by atoms with Crippen LogP contribution in [0.3, 0.4) is 0 Å². The molecule has 1 fully saturated rings. The Labute approximate surface area is 153 Å². The molecule has 26 heavy (non-hydrogen) atoms. The summed E-state index contributed by atoms with van der Waals surface area (Å²) in [5, 5.41) is 3.20. The maximum atomic E-state index is 13.1. The Bertz CT molecular complexity index is 802. The van der Waals surface area contributed by atoms with Crippen molar-refractivity contribution in [3.05, 3.63) is 59.2 Å². The molecular weight excluding hydrogens is 328 g/mol. The second-order valence-corrected chi connectivity index (χ2v) is 6.86. The van der Waals surface area contributed by atoms with Gasteiger partial charge in [0.2, 0.25) is 5.91 Å². The standard InChI is InChI=1S/C21H24N2O3/c1-25-18-10-15-8-9-23(21(24)16-12-22-13-16)20(14-6-4-3-5-7-14)17(15)11-19(18)26-2/h3-7,10-11,16,20,22H,8-9,12-13H2,1-2H3. The van der Waals surface area contributed by atoms with Crippen LogP contribution in [0.1, 0.15) is 22.7 Å². The summed E-state index contributed by atoms with van der Waals surface area (Å²) in [6, 6.07) is 14.2. The van der Waals surface area contributed by atoms with Crippen LogP contribution >= 0.6 is 0 Å². The Morgan fingerprint density at radius 2 is 1.77 bits per heavy atom. The molecule has 1 saturated heterocycles. The summed E-state index contributed by atoms with van der Waals surface area (Å²) in [5.41, 5.74) is 3.47. The Hall–Kier alpha value is -2.53. The normalized spacial score (nSPS) is 19.5. The Morgan fingerprint density at radius 3 is 2.38 bits per heavy atom. The van der Waals surface area contributed by atoms with E-state index in [1.54, 1.807) is 14.2 Å². The summed E-state index contributed by atoms with van der Waals surface area (Å²) < 4.78 is 11.0. The Kier molecular flexibility index (Phi) is 4.55. The van der Waals surface area contributed by atoms with Crippen LogP contribution < -0.4 is 14.8 Å². The van der Waals surface area contributed by atoms with Gasteiger partial charge in [-0.2, -0.15) is 0 Å². The molecule has 1 N–H and O–H groups in total. The second kappa shape index (κ2) is 7.00. The quantitative estimate of drug-likeness (QED) is 0.918. The highest BCUT2D eigenvalue weighted by Crippen LogP contribution is 2.41. The smallest absolute Gasteiger partial charge is 0.229 e. The fourth-order valence-corrected chi connectivity index (χ4v) is 3.88. The zero-order valence-corrected chi connectivity index (χ0v) is 15.2. The van der Waals surface area contributed by atoms with Gasteiger partial charge in [-0.05, 0) is 35.2 Å². The summed E-state index contributed by atoms with van der Waals surface area (Å²) in [7, 11) is 3.30. The van der Waals surface area contributed by atoms with E-state index in [-0.39, 0.29) is 17.9 Å². The van der Waals surface area contributed by atoms with Crippen LogP contribution in [0.2, 0.25) is 0 Å². The lowest BCUT2D eigenvalue weighted by Crippen LogP contribution is -2.54. The van der Waals surface area contributed by atoms with Crippen molar-refractivity contribution in [1.82, 2.24) is 10.2 Å². The molecule has 0 aliphatic carbocycles. The molecule has 2 heterocycles. The number of methoxy groups -OCH3 is 2. The van der Waals surface area contributed by atoms with E-state index in [0.29, 0.717) is 5.75 Å². The van der Waals surface area contributed by atoms with Gasteiger partial charge in [-0.1, -0.05) is 30.3 Å². The number of carbonyl (C=O) groups is 1. The van der Waals surface area contributed by atoms with Crippen molar-refractivity contribution in [2.75, 3.05) is 33.9 Å². The fraction of sp³-hybridized carbons (Fsp3) is 0.381. The lowest BCUT2D eigenvalue weighted by atomic mass is 9.86. The summed E-state index contributed by atoms with van der Waals surface area (Å²) in [4.78, 5) is 15.1. The maximum Gasteiger partial charge on any atom is 0.229 e. The van der Waals surface area contributed by atoms with E-state index in [1.807, 2.05) is 29.2 Å². The molecule has 0 radical (unpaired) electrons. The number of amides is 1. The molecule has 5 nitrogen and oxygen atoms in total. The van der Waals surface area contributed by atoms with Gasteiger partial charge in [-0.3, -0.25) is 4.79 Å². The van der Waals surface area contributed by atoms with Gasteiger partial charge in [0.15, 0.2) is 11.5 Å². The molecular formula is C21H24N2O3. The van der Waals surface area contributed by atoms with Gasteiger partial charge in [-0.15, -0.1) is 0 Å². The predicted molar refractivity (Wildman–Crippen MR) is 99.6 cm³/mol. The van der Waals surface area contributed by atoms with Crippen molar-refractivity contribution < 1.29 is 14.3 Å². The molecule has 0 aromatic heterocycles. The SMILES string of the molecule is COc1cc2c(cc1OC)C(c1ccccc1)N(C(=O)C1CNC1)CC2. The summed E-state index contributed by atoms with van der Waals surface area (Å²) in [5.74, 6) is 1.76. The molecule has 0 bridgehead atoms. The lowest BCUT2D eigenvalue weighted by Gasteiger charge is -2.41. The van der Waals surface area contributed by atoms with Gasteiger partial charge in [0.05, 0.1) is 26.2 Å². The topological polar surface area (TPSA) is 50.8 Å².